The van der Waals surface area contributed by atoms with Gasteiger partial charge in [0.2, 0.25) is 0 Å². The number of benzene rings is 2. The van der Waals surface area contributed by atoms with E-state index in [0.29, 0.717) is 12.4 Å². The molecular formula is C18H17BrN4O. The Bertz CT molecular complexity index is 830. The summed E-state index contributed by atoms with van der Waals surface area (Å²) in [5.74, 6) is 1.50. The van der Waals surface area contributed by atoms with Gasteiger partial charge in [-0.05, 0) is 24.6 Å². The maximum Gasteiger partial charge on any atom is 0.184 e. The summed E-state index contributed by atoms with van der Waals surface area (Å²) in [7, 11) is 0. The molecule has 0 aliphatic carbocycles. The van der Waals surface area contributed by atoms with Gasteiger partial charge in [0.05, 0.1) is 12.8 Å². The van der Waals surface area contributed by atoms with Gasteiger partial charge in [-0.2, -0.15) is 9.78 Å². The quantitative estimate of drug-likeness (QED) is 0.592. The molecule has 0 aliphatic rings. The Labute approximate surface area is 149 Å². The van der Waals surface area contributed by atoms with E-state index in [0.717, 1.165) is 27.8 Å². The molecule has 1 heterocycles. The molecule has 3 aromatic rings. The lowest BCUT2D eigenvalue weighted by Gasteiger charge is -2.08. The van der Waals surface area contributed by atoms with Gasteiger partial charge in [0.15, 0.2) is 5.82 Å². The Morgan fingerprint density at radius 3 is 2.83 bits per heavy atom. The summed E-state index contributed by atoms with van der Waals surface area (Å²) in [6.07, 6.45) is 4.30. The fourth-order valence-electron chi connectivity index (χ4n) is 2.18. The van der Waals surface area contributed by atoms with E-state index in [1.165, 1.54) is 0 Å². The Morgan fingerprint density at radius 1 is 1.21 bits per heavy atom. The highest BCUT2D eigenvalue weighted by Gasteiger charge is 2.06. The third-order valence-electron chi connectivity index (χ3n) is 3.32. The minimum atomic E-state index is 0.671. The molecule has 0 N–H and O–H groups in total. The van der Waals surface area contributed by atoms with E-state index in [9.17, 15) is 0 Å². The molecule has 2 aromatic carbocycles. The van der Waals surface area contributed by atoms with Crippen molar-refractivity contribution in [3.63, 3.8) is 0 Å². The Hall–Kier alpha value is -2.47. The van der Waals surface area contributed by atoms with E-state index in [-0.39, 0.29) is 0 Å². The van der Waals surface area contributed by atoms with Crippen molar-refractivity contribution in [2.75, 3.05) is 6.61 Å². The highest BCUT2D eigenvalue weighted by atomic mass is 79.9. The zero-order valence-corrected chi connectivity index (χ0v) is 14.8. The molecule has 0 amide bonds. The van der Waals surface area contributed by atoms with E-state index in [1.807, 2.05) is 48.5 Å². The van der Waals surface area contributed by atoms with Gasteiger partial charge in [-0.25, -0.2) is 0 Å². The molecule has 0 spiro atoms. The molecule has 0 bridgehead atoms. The molecule has 0 saturated heterocycles. The van der Waals surface area contributed by atoms with Gasteiger partial charge in [-0.3, -0.25) is 0 Å². The first-order chi connectivity index (χ1) is 11.8. The fraction of sp³-hybridized carbons (Fsp3) is 0.167. The van der Waals surface area contributed by atoms with Crippen molar-refractivity contribution < 1.29 is 4.74 Å². The van der Waals surface area contributed by atoms with Crippen LogP contribution in [0.1, 0.15) is 18.9 Å². The zero-order valence-electron chi connectivity index (χ0n) is 13.3. The summed E-state index contributed by atoms with van der Waals surface area (Å²) >= 11 is 3.49. The number of aromatic nitrogens is 3. The highest BCUT2D eigenvalue weighted by Crippen LogP contribution is 2.22. The van der Waals surface area contributed by atoms with Gasteiger partial charge in [0.1, 0.15) is 12.1 Å². The molecule has 0 saturated carbocycles. The van der Waals surface area contributed by atoms with Gasteiger partial charge in [-0.15, -0.1) is 10.2 Å². The maximum absolute atomic E-state index is 5.77. The van der Waals surface area contributed by atoms with Crippen LogP contribution in [0.5, 0.6) is 5.75 Å². The van der Waals surface area contributed by atoms with Crippen LogP contribution in [-0.4, -0.2) is 27.7 Å². The van der Waals surface area contributed by atoms with E-state index >= 15 is 0 Å². The van der Waals surface area contributed by atoms with Crippen LogP contribution in [0.15, 0.2) is 64.4 Å². The monoisotopic (exact) mass is 384 g/mol. The van der Waals surface area contributed by atoms with Crippen LogP contribution in [0.25, 0.3) is 11.4 Å². The lowest BCUT2D eigenvalue weighted by molar-refractivity contribution is 0.317. The molecule has 0 aliphatic heterocycles. The first-order valence-corrected chi connectivity index (χ1v) is 8.49. The molecule has 3 rings (SSSR count). The van der Waals surface area contributed by atoms with Gasteiger partial charge in [-0.1, -0.05) is 53.2 Å². The molecule has 24 heavy (non-hydrogen) atoms. The van der Waals surface area contributed by atoms with Crippen molar-refractivity contribution in [1.29, 1.82) is 0 Å². The van der Waals surface area contributed by atoms with Crippen molar-refractivity contribution in [1.82, 2.24) is 14.9 Å². The molecule has 6 heteroatoms. The van der Waals surface area contributed by atoms with Crippen LogP contribution in [0, 0.1) is 0 Å². The predicted molar refractivity (Wildman–Crippen MR) is 98.4 cm³/mol. The first-order valence-electron chi connectivity index (χ1n) is 7.70. The summed E-state index contributed by atoms with van der Waals surface area (Å²) < 4.78 is 8.40. The molecule has 122 valence electrons. The van der Waals surface area contributed by atoms with Crippen molar-refractivity contribution in [3.8, 4) is 17.1 Å². The minimum absolute atomic E-state index is 0.671. The van der Waals surface area contributed by atoms with Crippen molar-refractivity contribution in [2.45, 2.75) is 13.3 Å². The van der Waals surface area contributed by atoms with Crippen LogP contribution >= 0.6 is 15.9 Å². The molecule has 0 atom stereocenters. The number of hydrogen-bond donors (Lipinski definition) is 0. The predicted octanol–water partition coefficient (Wildman–Crippen LogP) is 4.38. The molecule has 0 radical (unpaired) electrons. The lowest BCUT2D eigenvalue weighted by Crippen LogP contribution is -2.00. The van der Waals surface area contributed by atoms with Gasteiger partial charge in [0, 0.05) is 15.6 Å². The minimum Gasteiger partial charge on any atom is -0.493 e. The van der Waals surface area contributed by atoms with Crippen LogP contribution in [0.2, 0.25) is 0 Å². The van der Waals surface area contributed by atoms with Gasteiger partial charge in [0.25, 0.3) is 0 Å². The topological polar surface area (TPSA) is 52.3 Å². The summed E-state index contributed by atoms with van der Waals surface area (Å²) in [4.78, 5) is 0. The van der Waals surface area contributed by atoms with Crippen LogP contribution in [0.3, 0.4) is 0 Å². The molecule has 0 unspecified atom stereocenters. The number of halogens is 1. The smallest absolute Gasteiger partial charge is 0.184 e. The normalized spacial score (nSPS) is 11.1. The Balaban J connectivity index is 1.90. The van der Waals surface area contributed by atoms with Crippen molar-refractivity contribution >= 4 is 22.1 Å². The van der Waals surface area contributed by atoms with Crippen molar-refractivity contribution in [3.05, 3.63) is 64.9 Å². The third kappa shape index (κ3) is 3.89. The standard InChI is InChI=1S/C18H17BrN4O/c1-2-10-24-17-9-8-16(19)11-15(17)12-21-23-13-20-22-18(23)14-6-4-3-5-7-14/h3-9,11-13H,2,10H2,1H3/b21-12-. The van der Waals surface area contributed by atoms with Crippen molar-refractivity contribution in [2.24, 2.45) is 5.10 Å². The van der Waals surface area contributed by atoms with Gasteiger partial charge >= 0.3 is 0 Å². The van der Waals surface area contributed by atoms with Crippen LogP contribution in [0.4, 0.5) is 0 Å². The summed E-state index contributed by atoms with van der Waals surface area (Å²) in [5, 5.41) is 12.6. The second-order valence-corrected chi connectivity index (χ2v) is 6.06. The van der Waals surface area contributed by atoms with E-state index < -0.39 is 0 Å². The Kier molecular flexibility index (Phi) is 5.38. The molecule has 0 fully saturated rings. The summed E-state index contributed by atoms with van der Waals surface area (Å²) in [6.45, 7) is 2.75. The summed E-state index contributed by atoms with van der Waals surface area (Å²) in [5.41, 5.74) is 1.86. The van der Waals surface area contributed by atoms with Gasteiger partial charge < -0.3 is 4.74 Å². The zero-order chi connectivity index (χ0) is 16.8. The fourth-order valence-corrected chi connectivity index (χ4v) is 2.56. The number of hydrogen-bond acceptors (Lipinski definition) is 4. The second kappa shape index (κ2) is 7.88. The number of rotatable bonds is 6. The van der Waals surface area contributed by atoms with Crippen LogP contribution in [-0.2, 0) is 0 Å². The number of ether oxygens (including phenoxy) is 1. The van der Waals surface area contributed by atoms with E-state index in [2.05, 4.69) is 38.2 Å². The summed E-state index contributed by atoms with van der Waals surface area (Å²) in [6, 6.07) is 15.7. The largest absolute Gasteiger partial charge is 0.493 e. The third-order valence-corrected chi connectivity index (χ3v) is 3.81. The first kappa shape index (κ1) is 16.4. The van der Waals surface area contributed by atoms with E-state index in [4.69, 9.17) is 4.74 Å². The maximum atomic E-state index is 5.77. The molecule has 5 nitrogen and oxygen atoms in total. The SMILES string of the molecule is CCCOc1ccc(Br)cc1/C=N\n1cnnc1-c1ccccc1. The molecular weight excluding hydrogens is 368 g/mol. The van der Waals surface area contributed by atoms with E-state index in [1.54, 1.807) is 17.2 Å². The van der Waals surface area contributed by atoms with Crippen LogP contribution < -0.4 is 4.74 Å². The Morgan fingerprint density at radius 2 is 2.04 bits per heavy atom. The average Bonchev–Trinajstić information content (AvgIpc) is 3.08. The molecule has 1 aromatic heterocycles. The lowest BCUT2D eigenvalue weighted by atomic mass is 10.2. The highest BCUT2D eigenvalue weighted by molar-refractivity contribution is 9.10. The second-order valence-electron chi connectivity index (χ2n) is 5.14. The number of nitrogens with zero attached hydrogens (tertiary/aromatic N) is 4. The average molecular weight is 385 g/mol.